The van der Waals surface area contributed by atoms with E-state index in [9.17, 15) is 4.79 Å². The van der Waals surface area contributed by atoms with Crippen LogP contribution in [0, 0.1) is 11.8 Å². The summed E-state index contributed by atoms with van der Waals surface area (Å²) in [6.07, 6.45) is 1.20. The first-order chi connectivity index (χ1) is 11.6. The number of fused-ring (bicyclic) bond motifs is 1. The van der Waals surface area contributed by atoms with Gasteiger partial charge in [-0.1, -0.05) is 32.0 Å². The van der Waals surface area contributed by atoms with Gasteiger partial charge >= 0.3 is 0 Å². The number of rotatable bonds is 2. The van der Waals surface area contributed by atoms with Crippen molar-refractivity contribution < 1.29 is 4.79 Å². The van der Waals surface area contributed by atoms with Crippen LogP contribution in [0.1, 0.15) is 30.8 Å². The van der Waals surface area contributed by atoms with Gasteiger partial charge in [-0.15, -0.1) is 11.3 Å². The van der Waals surface area contributed by atoms with E-state index in [-0.39, 0.29) is 5.91 Å². The van der Waals surface area contributed by atoms with E-state index >= 15 is 0 Å². The van der Waals surface area contributed by atoms with Crippen LogP contribution in [0.4, 0.5) is 0 Å². The zero-order chi connectivity index (χ0) is 16.7. The third-order valence-electron chi connectivity index (χ3n) is 4.64. The number of carbonyl (C=O) groups is 1. The number of hydrogen-bond acceptors (Lipinski definition) is 3. The fourth-order valence-corrected chi connectivity index (χ4v) is 4.44. The van der Waals surface area contributed by atoms with E-state index < -0.39 is 0 Å². The van der Waals surface area contributed by atoms with Gasteiger partial charge in [0.1, 0.15) is 10.7 Å². The predicted molar refractivity (Wildman–Crippen MR) is 98.3 cm³/mol. The Balaban J connectivity index is 1.59. The molecule has 1 aliphatic rings. The number of H-pyrrole nitrogens is 1. The predicted octanol–water partition coefficient (Wildman–Crippen LogP) is 4.41. The Labute approximate surface area is 145 Å². The Morgan fingerprint density at radius 2 is 2.00 bits per heavy atom. The molecular formula is C19H21N3OS. The third-order valence-corrected chi connectivity index (χ3v) is 5.52. The number of aromatic nitrogens is 2. The minimum Gasteiger partial charge on any atom is -0.353 e. The molecule has 0 saturated carbocycles. The second-order valence-corrected chi connectivity index (χ2v) is 7.82. The van der Waals surface area contributed by atoms with Gasteiger partial charge in [-0.05, 0) is 30.4 Å². The largest absolute Gasteiger partial charge is 0.353 e. The highest BCUT2D eigenvalue weighted by Gasteiger charge is 2.27. The molecule has 1 aliphatic heterocycles. The number of nitrogens with zero attached hydrogens (tertiary/aromatic N) is 2. The monoisotopic (exact) mass is 339 g/mol. The molecule has 1 fully saturated rings. The van der Waals surface area contributed by atoms with Gasteiger partial charge in [0.2, 0.25) is 0 Å². The smallest absolute Gasteiger partial charge is 0.273 e. The number of aromatic amines is 1. The maximum Gasteiger partial charge on any atom is 0.273 e. The summed E-state index contributed by atoms with van der Waals surface area (Å²) in [5, 5.41) is 3.91. The summed E-state index contributed by atoms with van der Waals surface area (Å²) in [6, 6.07) is 10.3. The number of piperidine rings is 1. The number of carbonyl (C=O) groups excluding carboxylic acids is 1. The molecule has 1 aromatic carbocycles. The lowest BCUT2D eigenvalue weighted by Gasteiger charge is -2.34. The number of para-hydroxylation sites is 1. The van der Waals surface area contributed by atoms with Crippen LogP contribution in [0.3, 0.4) is 0 Å². The molecule has 1 saturated heterocycles. The number of amides is 1. The number of thiazole rings is 1. The van der Waals surface area contributed by atoms with Gasteiger partial charge in [0.25, 0.3) is 5.91 Å². The summed E-state index contributed by atoms with van der Waals surface area (Å²) in [4.78, 5) is 22.7. The van der Waals surface area contributed by atoms with E-state index in [0.29, 0.717) is 17.5 Å². The summed E-state index contributed by atoms with van der Waals surface area (Å²) in [5.74, 6) is 1.18. The molecule has 2 unspecified atom stereocenters. The molecule has 2 aromatic heterocycles. The van der Waals surface area contributed by atoms with Gasteiger partial charge in [0, 0.05) is 29.4 Å². The maximum atomic E-state index is 12.8. The summed E-state index contributed by atoms with van der Waals surface area (Å²) in [5.41, 5.74) is 2.63. The van der Waals surface area contributed by atoms with Crippen molar-refractivity contribution in [1.82, 2.24) is 14.9 Å². The first kappa shape index (κ1) is 15.4. The molecule has 0 aliphatic carbocycles. The highest BCUT2D eigenvalue weighted by atomic mass is 32.1. The number of likely N-dealkylation sites (tertiary alicyclic amines) is 1. The molecule has 1 amide bonds. The molecule has 3 aromatic rings. The average Bonchev–Trinajstić information content (AvgIpc) is 3.19. The van der Waals surface area contributed by atoms with Crippen molar-refractivity contribution >= 4 is 28.1 Å². The van der Waals surface area contributed by atoms with Crippen LogP contribution in [0.2, 0.25) is 0 Å². The fraction of sp³-hybridized carbons (Fsp3) is 0.368. The molecule has 4 rings (SSSR count). The number of benzene rings is 1. The number of hydrogen-bond donors (Lipinski definition) is 1. The molecule has 3 heterocycles. The van der Waals surface area contributed by atoms with Gasteiger partial charge in [0.15, 0.2) is 0 Å². The Morgan fingerprint density at radius 1 is 1.25 bits per heavy atom. The van der Waals surface area contributed by atoms with Gasteiger partial charge in [-0.2, -0.15) is 0 Å². The standard InChI is InChI=1S/C19H21N3OS/c1-12-7-13(2)10-22(9-12)19(23)17-11-24-18(21-17)16-8-14-5-3-4-6-15(14)20-16/h3-6,8,11-13,20H,7,9-10H2,1-2H3. The fourth-order valence-electron chi connectivity index (χ4n) is 3.68. The molecule has 124 valence electrons. The lowest BCUT2D eigenvalue weighted by molar-refractivity contribution is 0.0618. The molecule has 5 heteroatoms. The van der Waals surface area contributed by atoms with Crippen molar-refractivity contribution in [3.05, 3.63) is 41.4 Å². The highest BCUT2D eigenvalue weighted by molar-refractivity contribution is 7.13. The summed E-state index contributed by atoms with van der Waals surface area (Å²) in [7, 11) is 0. The van der Waals surface area contributed by atoms with Gasteiger partial charge < -0.3 is 9.88 Å². The third kappa shape index (κ3) is 2.84. The van der Waals surface area contributed by atoms with Crippen molar-refractivity contribution in [2.45, 2.75) is 20.3 Å². The SMILES string of the molecule is CC1CC(C)CN(C(=O)c2csc(-c3cc4ccccc4[nH]3)n2)C1. The molecule has 0 bridgehead atoms. The lowest BCUT2D eigenvalue weighted by Crippen LogP contribution is -2.42. The summed E-state index contributed by atoms with van der Waals surface area (Å²) >= 11 is 1.52. The first-order valence-corrected chi connectivity index (χ1v) is 9.31. The van der Waals surface area contributed by atoms with Crippen LogP contribution in [-0.2, 0) is 0 Å². The van der Waals surface area contributed by atoms with Crippen molar-refractivity contribution in [2.24, 2.45) is 11.8 Å². The Kier molecular flexibility index (Phi) is 3.88. The Morgan fingerprint density at radius 3 is 2.75 bits per heavy atom. The average molecular weight is 339 g/mol. The van der Waals surface area contributed by atoms with Crippen LogP contribution in [0.25, 0.3) is 21.6 Å². The van der Waals surface area contributed by atoms with Gasteiger partial charge in [0.05, 0.1) is 5.69 Å². The second kappa shape index (κ2) is 6.06. The minimum atomic E-state index is 0.0620. The molecular weight excluding hydrogens is 318 g/mol. The van der Waals surface area contributed by atoms with E-state index in [1.165, 1.54) is 17.8 Å². The highest BCUT2D eigenvalue weighted by Crippen LogP contribution is 2.28. The van der Waals surface area contributed by atoms with E-state index in [1.807, 2.05) is 22.4 Å². The van der Waals surface area contributed by atoms with Crippen molar-refractivity contribution in [3.63, 3.8) is 0 Å². The summed E-state index contributed by atoms with van der Waals surface area (Å²) in [6.45, 7) is 6.10. The zero-order valence-electron chi connectivity index (χ0n) is 14.0. The molecule has 0 radical (unpaired) electrons. The van der Waals surface area contributed by atoms with Gasteiger partial charge in [-0.25, -0.2) is 4.98 Å². The first-order valence-electron chi connectivity index (χ1n) is 8.43. The van der Waals surface area contributed by atoms with Crippen molar-refractivity contribution in [3.8, 4) is 10.7 Å². The van der Waals surface area contributed by atoms with Crippen LogP contribution >= 0.6 is 11.3 Å². The molecule has 4 nitrogen and oxygen atoms in total. The van der Waals surface area contributed by atoms with Crippen LogP contribution in [0.15, 0.2) is 35.7 Å². The zero-order valence-corrected chi connectivity index (χ0v) is 14.8. The van der Waals surface area contributed by atoms with E-state index in [4.69, 9.17) is 0 Å². The Hall–Kier alpha value is -2.14. The normalized spacial score (nSPS) is 21.3. The van der Waals surface area contributed by atoms with Crippen LogP contribution in [-0.4, -0.2) is 33.9 Å². The summed E-state index contributed by atoms with van der Waals surface area (Å²) < 4.78 is 0. The molecule has 2 atom stereocenters. The Bertz CT molecular complexity index is 839. The molecule has 24 heavy (non-hydrogen) atoms. The van der Waals surface area contributed by atoms with Crippen molar-refractivity contribution in [1.29, 1.82) is 0 Å². The van der Waals surface area contributed by atoms with E-state index in [2.05, 4.69) is 42.0 Å². The van der Waals surface area contributed by atoms with E-state index in [0.717, 1.165) is 34.7 Å². The quantitative estimate of drug-likeness (QED) is 0.752. The molecule has 0 spiro atoms. The van der Waals surface area contributed by atoms with Crippen LogP contribution in [0.5, 0.6) is 0 Å². The maximum absolute atomic E-state index is 12.8. The lowest BCUT2D eigenvalue weighted by atomic mass is 9.92. The van der Waals surface area contributed by atoms with E-state index in [1.54, 1.807) is 0 Å². The van der Waals surface area contributed by atoms with Crippen LogP contribution < -0.4 is 0 Å². The second-order valence-electron chi connectivity index (χ2n) is 6.96. The van der Waals surface area contributed by atoms with Crippen molar-refractivity contribution in [2.75, 3.05) is 13.1 Å². The van der Waals surface area contributed by atoms with Gasteiger partial charge in [-0.3, -0.25) is 4.79 Å². The minimum absolute atomic E-state index is 0.0620. The topological polar surface area (TPSA) is 49.0 Å². The number of nitrogens with one attached hydrogen (secondary N) is 1. The molecule has 1 N–H and O–H groups in total.